The molecule has 0 aromatic carbocycles. The summed E-state index contributed by atoms with van der Waals surface area (Å²) in [6.45, 7) is 1.33. The van der Waals surface area contributed by atoms with E-state index in [1.807, 2.05) is 5.38 Å². The van der Waals surface area contributed by atoms with E-state index in [4.69, 9.17) is 22.1 Å². The first-order valence-corrected chi connectivity index (χ1v) is 7.51. The van der Waals surface area contributed by atoms with Gasteiger partial charge in [0, 0.05) is 11.6 Å². The fourth-order valence-electron chi connectivity index (χ4n) is 2.90. The Hall–Kier alpha value is -2.16. The highest BCUT2D eigenvalue weighted by atomic mass is 35.5. The number of aliphatic hydroxyl groups excluding tert-OH is 2. The molecule has 1 aliphatic heterocycles. The van der Waals surface area contributed by atoms with Crippen molar-refractivity contribution in [3.63, 3.8) is 0 Å². The number of aliphatic hydroxyl groups is 3. The van der Waals surface area contributed by atoms with Gasteiger partial charge in [-0.05, 0) is 24.4 Å². The lowest BCUT2D eigenvalue weighted by Crippen LogP contribution is -2.47. The summed E-state index contributed by atoms with van der Waals surface area (Å²) in [7, 11) is 0. The normalized spacial score (nSPS) is 30.2. The van der Waals surface area contributed by atoms with Crippen molar-refractivity contribution in [3.8, 4) is 11.3 Å². The van der Waals surface area contributed by atoms with Crippen LogP contribution in [0.2, 0.25) is 0 Å². The molecule has 0 saturated carbocycles. The molecule has 0 spiro atoms. The number of nitrogen functional groups attached to an aromatic ring is 1. The van der Waals surface area contributed by atoms with E-state index in [-0.39, 0.29) is 11.6 Å². The molecule has 0 radical (unpaired) electrons. The van der Waals surface area contributed by atoms with E-state index in [1.54, 1.807) is 0 Å². The van der Waals surface area contributed by atoms with E-state index in [0.717, 1.165) is 10.8 Å². The summed E-state index contributed by atoms with van der Waals surface area (Å²) in [5.41, 5.74) is 2.15. The summed E-state index contributed by atoms with van der Waals surface area (Å²) < 4.78 is 20.7. The maximum Gasteiger partial charge on any atom is 0.264 e. The second-order valence-electron chi connectivity index (χ2n) is 5.72. The SMILES string of the molecule is C[C@H](O)[C@H]1O[C@@H](n2cc(F)c3c(=O)[nH]c(N)nc32)C(O)(C#CCl)C1O. The Labute approximate surface area is 144 Å². The van der Waals surface area contributed by atoms with Gasteiger partial charge in [-0.15, -0.1) is 0 Å². The van der Waals surface area contributed by atoms with Crippen LogP contribution in [0.3, 0.4) is 0 Å². The second-order valence-corrected chi connectivity index (χ2v) is 5.91. The summed E-state index contributed by atoms with van der Waals surface area (Å²) >= 11 is 5.37. The molecule has 11 heteroatoms. The lowest BCUT2D eigenvalue weighted by atomic mass is 9.93. The molecule has 2 unspecified atom stereocenters. The van der Waals surface area contributed by atoms with Gasteiger partial charge in [-0.2, -0.15) is 4.98 Å². The van der Waals surface area contributed by atoms with Crippen LogP contribution >= 0.6 is 11.6 Å². The number of aromatic amines is 1. The van der Waals surface area contributed by atoms with Gasteiger partial charge in [0.05, 0.1) is 6.10 Å². The van der Waals surface area contributed by atoms with Crippen LogP contribution in [0.25, 0.3) is 11.0 Å². The lowest BCUT2D eigenvalue weighted by molar-refractivity contribution is -0.0846. The Kier molecular flexibility index (Phi) is 4.22. The molecule has 1 saturated heterocycles. The molecule has 3 rings (SSSR count). The summed E-state index contributed by atoms with van der Waals surface area (Å²) in [6.07, 6.45) is -4.74. The molecule has 2 aromatic rings. The number of ether oxygens (including phenoxy) is 1. The number of aromatic nitrogens is 3. The van der Waals surface area contributed by atoms with Crippen LogP contribution in [-0.4, -0.2) is 53.8 Å². The van der Waals surface area contributed by atoms with Crippen molar-refractivity contribution in [1.29, 1.82) is 0 Å². The maximum atomic E-state index is 14.2. The molecule has 1 fully saturated rings. The molecule has 0 bridgehead atoms. The topological polar surface area (TPSA) is 147 Å². The molecule has 3 heterocycles. The number of hydrogen-bond donors (Lipinski definition) is 5. The zero-order chi connectivity index (χ0) is 18.5. The Bertz CT molecular complexity index is 948. The van der Waals surface area contributed by atoms with E-state index in [0.29, 0.717) is 0 Å². The standard InChI is InChI=1S/C14H14ClFN4O5/c1-5(21)8-9(22)14(24,2-3-15)12(25-8)20-4-6(16)7-10(20)18-13(17)19-11(7)23/h4-5,8-9,12,21-22,24H,1H3,(H3,17,18,19,23)/t5-,8+,9?,12+,14?/m0/s1. The van der Waals surface area contributed by atoms with Crippen LogP contribution in [0, 0.1) is 17.1 Å². The monoisotopic (exact) mass is 372 g/mol. The molecule has 134 valence electrons. The van der Waals surface area contributed by atoms with Crippen molar-refractivity contribution in [1.82, 2.24) is 14.5 Å². The molecule has 0 aliphatic carbocycles. The van der Waals surface area contributed by atoms with Gasteiger partial charge in [0.15, 0.2) is 17.7 Å². The highest BCUT2D eigenvalue weighted by Crippen LogP contribution is 2.41. The first-order valence-electron chi connectivity index (χ1n) is 7.13. The number of nitrogens with one attached hydrogen (secondary N) is 1. The molecule has 5 atom stereocenters. The Morgan fingerprint density at radius 3 is 2.92 bits per heavy atom. The number of H-pyrrole nitrogens is 1. The van der Waals surface area contributed by atoms with Crippen molar-refractivity contribution >= 4 is 28.6 Å². The number of halogens is 2. The van der Waals surface area contributed by atoms with Crippen molar-refractivity contribution in [2.24, 2.45) is 0 Å². The van der Waals surface area contributed by atoms with Crippen LogP contribution < -0.4 is 11.3 Å². The highest BCUT2D eigenvalue weighted by molar-refractivity contribution is 6.30. The van der Waals surface area contributed by atoms with Crippen LogP contribution in [0.5, 0.6) is 0 Å². The number of rotatable bonds is 2. The van der Waals surface area contributed by atoms with Crippen molar-refractivity contribution in [2.45, 2.75) is 37.1 Å². The third-order valence-corrected chi connectivity index (χ3v) is 4.15. The predicted molar refractivity (Wildman–Crippen MR) is 84.9 cm³/mol. The van der Waals surface area contributed by atoms with E-state index in [2.05, 4.69) is 15.9 Å². The number of anilines is 1. The van der Waals surface area contributed by atoms with Gasteiger partial charge in [0.25, 0.3) is 5.56 Å². The number of fused-ring (bicyclic) bond motifs is 1. The van der Waals surface area contributed by atoms with Crippen LogP contribution in [0.4, 0.5) is 10.3 Å². The number of hydrogen-bond acceptors (Lipinski definition) is 7. The number of nitrogens with two attached hydrogens (primary N) is 1. The zero-order valence-electron chi connectivity index (χ0n) is 12.8. The minimum absolute atomic E-state index is 0.225. The molecule has 25 heavy (non-hydrogen) atoms. The molecular formula is C14H14ClFN4O5. The first kappa shape index (κ1) is 17.7. The molecule has 1 aliphatic rings. The lowest BCUT2D eigenvalue weighted by Gasteiger charge is -2.26. The largest absolute Gasteiger partial charge is 0.391 e. The predicted octanol–water partition coefficient (Wildman–Crippen LogP) is -0.984. The third kappa shape index (κ3) is 2.57. The minimum atomic E-state index is -2.29. The van der Waals surface area contributed by atoms with E-state index in [9.17, 15) is 24.5 Å². The molecule has 0 amide bonds. The molecule has 6 N–H and O–H groups in total. The Morgan fingerprint density at radius 2 is 2.32 bits per heavy atom. The quantitative estimate of drug-likeness (QED) is 0.425. The van der Waals surface area contributed by atoms with Crippen LogP contribution in [0.1, 0.15) is 13.2 Å². The van der Waals surface area contributed by atoms with Crippen LogP contribution in [-0.2, 0) is 4.74 Å². The van der Waals surface area contributed by atoms with Gasteiger partial charge >= 0.3 is 0 Å². The maximum absolute atomic E-state index is 14.2. The van der Waals surface area contributed by atoms with E-state index < -0.39 is 46.9 Å². The second kappa shape index (κ2) is 5.98. The highest BCUT2D eigenvalue weighted by Gasteiger charge is 2.57. The Balaban J connectivity index is 2.25. The summed E-state index contributed by atoms with van der Waals surface area (Å²) in [5, 5.41) is 32.4. The smallest absolute Gasteiger partial charge is 0.264 e. The van der Waals surface area contributed by atoms with Crippen LogP contribution in [0.15, 0.2) is 11.0 Å². The van der Waals surface area contributed by atoms with Gasteiger partial charge < -0.3 is 25.8 Å². The third-order valence-electron chi connectivity index (χ3n) is 4.05. The fourth-order valence-corrected chi connectivity index (χ4v) is 3.05. The Morgan fingerprint density at radius 1 is 1.64 bits per heavy atom. The van der Waals surface area contributed by atoms with E-state index in [1.165, 1.54) is 6.92 Å². The molecular weight excluding hydrogens is 359 g/mol. The van der Waals surface area contributed by atoms with Crippen molar-refractivity contribution in [2.75, 3.05) is 5.73 Å². The average Bonchev–Trinajstić information content (AvgIpc) is 2.96. The average molecular weight is 373 g/mol. The number of nitrogens with zero attached hydrogens (tertiary/aromatic N) is 2. The fraction of sp³-hybridized carbons (Fsp3) is 0.429. The van der Waals surface area contributed by atoms with Gasteiger partial charge in [-0.3, -0.25) is 14.3 Å². The molecule has 9 nitrogen and oxygen atoms in total. The van der Waals surface area contributed by atoms with E-state index >= 15 is 0 Å². The summed E-state index contributed by atoms with van der Waals surface area (Å²) in [5.74, 6) is 0.980. The zero-order valence-corrected chi connectivity index (χ0v) is 13.5. The van der Waals surface area contributed by atoms with Gasteiger partial charge in [-0.25, -0.2) is 4.39 Å². The first-order chi connectivity index (χ1) is 11.7. The summed E-state index contributed by atoms with van der Waals surface area (Å²) in [6, 6.07) is 0. The minimum Gasteiger partial charge on any atom is -0.391 e. The van der Waals surface area contributed by atoms with Gasteiger partial charge in [0.2, 0.25) is 11.5 Å². The molecule has 2 aromatic heterocycles. The van der Waals surface area contributed by atoms with Gasteiger partial charge in [0.1, 0.15) is 17.6 Å². The van der Waals surface area contributed by atoms with Crippen molar-refractivity contribution in [3.05, 3.63) is 22.4 Å². The summed E-state index contributed by atoms with van der Waals surface area (Å²) in [4.78, 5) is 17.9. The van der Waals surface area contributed by atoms with Crippen molar-refractivity contribution < 1.29 is 24.4 Å². The van der Waals surface area contributed by atoms with Gasteiger partial charge in [-0.1, -0.05) is 0 Å².